The van der Waals surface area contributed by atoms with E-state index in [0.29, 0.717) is 6.54 Å². The highest BCUT2D eigenvalue weighted by Crippen LogP contribution is 2.17. The van der Waals surface area contributed by atoms with E-state index in [9.17, 15) is 4.79 Å². The van der Waals surface area contributed by atoms with Gasteiger partial charge in [0.1, 0.15) is 0 Å². The summed E-state index contributed by atoms with van der Waals surface area (Å²) in [5.74, 6) is 5.87. The Hall–Kier alpha value is -1.35. The molecule has 0 bridgehead atoms. The van der Waals surface area contributed by atoms with Crippen molar-refractivity contribution in [3.8, 4) is 11.8 Å². The number of amides is 1. The van der Waals surface area contributed by atoms with Crippen LogP contribution in [0.5, 0.6) is 0 Å². The van der Waals surface area contributed by atoms with Gasteiger partial charge in [-0.1, -0.05) is 18.8 Å². The maximum atomic E-state index is 12.5. The van der Waals surface area contributed by atoms with Crippen LogP contribution < -0.4 is 5.73 Å². The van der Waals surface area contributed by atoms with E-state index in [1.54, 1.807) is 0 Å². The van der Waals surface area contributed by atoms with Crippen molar-refractivity contribution in [3.05, 3.63) is 21.9 Å². The number of nitrogens with zero attached hydrogens (tertiary/aromatic N) is 2. The van der Waals surface area contributed by atoms with Crippen LogP contribution in [0.3, 0.4) is 0 Å². The van der Waals surface area contributed by atoms with Gasteiger partial charge >= 0.3 is 0 Å². The van der Waals surface area contributed by atoms with E-state index in [0.717, 1.165) is 35.8 Å². The van der Waals surface area contributed by atoms with Crippen molar-refractivity contribution < 1.29 is 4.79 Å². The lowest BCUT2D eigenvalue weighted by Crippen LogP contribution is -2.36. The van der Waals surface area contributed by atoms with Crippen molar-refractivity contribution in [2.45, 2.75) is 13.3 Å². The molecule has 1 rings (SSSR count). The molecule has 20 heavy (non-hydrogen) atoms. The van der Waals surface area contributed by atoms with Gasteiger partial charge in [-0.2, -0.15) is 0 Å². The number of carbonyl (C=O) groups is 1. The Balaban J connectivity index is 2.75. The largest absolute Gasteiger partial charge is 0.337 e. The summed E-state index contributed by atoms with van der Waals surface area (Å²) in [5.41, 5.74) is 5.35. The minimum Gasteiger partial charge on any atom is -0.337 e. The SMILES string of the molecule is CCCN(CCN(C)C)C(=O)c1ccc(C#CCN)s1. The monoisotopic (exact) mass is 293 g/mol. The number of nitrogens with two attached hydrogens (primary N) is 1. The molecule has 0 saturated heterocycles. The highest BCUT2D eigenvalue weighted by molar-refractivity contribution is 7.14. The highest BCUT2D eigenvalue weighted by atomic mass is 32.1. The van der Waals surface area contributed by atoms with Crippen LogP contribution in [0, 0.1) is 11.8 Å². The van der Waals surface area contributed by atoms with Gasteiger partial charge in [0.2, 0.25) is 0 Å². The Morgan fingerprint density at radius 3 is 2.65 bits per heavy atom. The van der Waals surface area contributed by atoms with Gasteiger partial charge < -0.3 is 15.5 Å². The lowest BCUT2D eigenvalue weighted by Gasteiger charge is -2.23. The van der Waals surface area contributed by atoms with E-state index in [-0.39, 0.29) is 5.91 Å². The molecule has 4 nitrogen and oxygen atoms in total. The van der Waals surface area contributed by atoms with E-state index >= 15 is 0 Å². The topological polar surface area (TPSA) is 49.6 Å². The summed E-state index contributed by atoms with van der Waals surface area (Å²) in [7, 11) is 4.03. The second-order valence-electron chi connectivity index (χ2n) is 4.77. The molecule has 0 aliphatic rings. The molecule has 2 N–H and O–H groups in total. The Kier molecular flexibility index (Phi) is 7.31. The summed E-state index contributed by atoms with van der Waals surface area (Å²) in [4.78, 5) is 18.1. The van der Waals surface area contributed by atoms with Gasteiger partial charge in [-0.15, -0.1) is 11.3 Å². The predicted molar refractivity (Wildman–Crippen MR) is 85.0 cm³/mol. The molecule has 0 fully saturated rings. The molecule has 1 amide bonds. The Bertz CT molecular complexity index is 485. The second kappa shape index (κ2) is 8.75. The molecule has 0 radical (unpaired) electrons. The Morgan fingerprint density at radius 1 is 1.30 bits per heavy atom. The van der Waals surface area contributed by atoms with Gasteiger partial charge in [-0.05, 0) is 32.6 Å². The lowest BCUT2D eigenvalue weighted by atomic mass is 10.3. The first kappa shape index (κ1) is 16.7. The fraction of sp³-hybridized carbons (Fsp3) is 0.533. The summed E-state index contributed by atoms with van der Waals surface area (Å²) in [5, 5.41) is 0. The standard InChI is InChI=1S/C15H23N3OS/c1-4-10-18(12-11-17(2)3)15(19)14-8-7-13(20-14)6-5-9-16/h7-8H,4,9-12,16H2,1-3H3. The van der Waals surface area contributed by atoms with Gasteiger partial charge in [0.15, 0.2) is 0 Å². The smallest absolute Gasteiger partial charge is 0.264 e. The maximum absolute atomic E-state index is 12.5. The first-order valence-electron chi connectivity index (χ1n) is 6.81. The van der Waals surface area contributed by atoms with Crippen LogP contribution in [-0.4, -0.2) is 56.0 Å². The molecule has 0 unspecified atom stereocenters. The molecule has 0 aromatic carbocycles. The van der Waals surface area contributed by atoms with Crippen LogP contribution in [0.25, 0.3) is 0 Å². The quantitative estimate of drug-likeness (QED) is 0.808. The third-order valence-electron chi connectivity index (χ3n) is 2.73. The molecule has 1 heterocycles. The van der Waals surface area contributed by atoms with Crippen molar-refractivity contribution in [1.82, 2.24) is 9.80 Å². The van der Waals surface area contributed by atoms with Crippen LogP contribution in [0.2, 0.25) is 0 Å². The molecule has 1 aromatic rings. The molecule has 5 heteroatoms. The normalized spacial score (nSPS) is 10.2. The summed E-state index contributed by atoms with van der Waals surface area (Å²) in [6.45, 7) is 4.83. The zero-order valence-corrected chi connectivity index (χ0v) is 13.3. The van der Waals surface area contributed by atoms with E-state index in [2.05, 4.69) is 23.7 Å². The lowest BCUT2D eigenvalue weighted by molar-refractivity contribution is 0.0750. The number of rotatable bonds is 6. The van der Waals surface area contributed by atoms with Crippen molar-refractivity contribution in [1.29, 1.82) is 0 Å². The van der Waals surface area contributed by atoms with Gasteiger partial charge in [-0.25, -0.2) is 0 Å². The molecule has 0 atom stereocenters. The Morgan fingerprint density at radius 2 is 2.05 bits per heavy atom. The summed E-state index contributed by atoms with van der Waals surface area (Å²) >= 11 is 1.44. The zero-order chi connectivity index (χ0) is 15.0. The predicted octanol–water partition coefficient (Wildman–Crippen LogP) is 1.47. The summed E-state index contributed by atoms with van der Waals surface area (Å²) < 4.78 is 0. The summed E-state index contributed by atoms with van der Waals surface area (Å²) in [6.07, 6.45) is 0.963. The minimum atomic E-state index is 0.0968. The maximum Gasteiger partial charge on any atom is 0.264 e. The third-order valence-corrected chi connectivity index (χ3v) is 3.72. The van der Waals surface area contributed by atoms with Crippen molar-refractivity contribution in [3.63, 3.8) is 0 Å². The fourth-order valence-corrected chi connectivity index (χ4v) is 2.57. The van der Waals surface area contributed by atoms with E-state index in [1.165, 1.54) is 11.3 Å². The average molecular weight is 293 g/mol. The number of likely N-dealkylation sites (N-methyl/N-ethyl adjacent to an activating group) is 1. The van der Waals surface area contributed by atoms with Crippen LogP contribution in [0.1, 0.15) is 27.9 Å². The first-order chi connectivity index (χ1) is 9.58. The highest BCUT2D eigenvalue weighted by Gasteiger charge is 2.16. The van der Waals surface area contributed by atoms with E-state index in [1.807, 2.05) is 31.1 Å². The summed E-state index contributed by atoms with van der Waals surface area (Å²) in [6, 6.07) is 3.74. The van der Waals surface area contributed by atoms with Crippen LogP contribution in [0.4, 0.5) is 0 Å². The van der Waals surface area contributed by atoms with E-state index < -0.39 is 0 Å². The van der Waals surface area contributed by atoms with Gasteiger partial charge in [0.05, 0.1) is 16.3 Å². The van der Waals surface area contributed by atoms with Gasteiger partial charge in [0.25, 0.3) is 5.91 Å². The first-order valence-corrected chi connectivity index (χ1v) is 7.63. The Labute approximate surface area is 125 Å². The molecular weight excluding hydrogens is 270 g/mol. The van der Waals surface area contributed by atoms with Crippen molar-refractivity contribution in [2.24, 2.45) is 5.73 Å². The molecule has 0 saturated carbocycles. The van der Waals surface area contributed by atoms with Gasteiger partial charge in [-0.3, -0.25) is 4.79 Å². The number of hydrogen-bond acceptors (Lipinski definition) is 4. The molecule has 0 aliphatic heterocycles. The van der Waals surface area contributed by atoms with Crippen LogP contribution in [-0.2, 0) is 0 Å². The van der Waals surface area contributed by atoms with E-state index in [4.69, 9.17) is 5.73 Å². The second-order valence-corrected chi connectivity index (χ2v) is 5.85. The molecule has 0 spiro atoms. The molecular formula is C15H23N3OS. The number of hydrogen-bond donors (Lipinski definition) is 1. The fourth-order valence-electron chi connectivity index (χ4n) is 1.72. The molecule has 0 aliphatic carbocycles. The zero-order valence-electron chi connectivity index (χ0n) is 12.5. The third kappa shape index (κ3) is 5.33. The number of thiophene rings is 1. The molecule has 1 aromatic heterocycles. The van der Waals surface area contributed by atoms with Crippen molar-refractivity contribution in [2.75, 3.05) is 40.3 Å². The van der Waals surface area contributed by atoms with Crippen LogP contribution >= 0.6 is 11.3 Å². The number of carbonyl (C=O) groups excluding carboxylic acids is 1. The van der Waals surface area contributed by atoms with Gasteiger partial charge in [0, 0.05) is 19.6 Å². The minimum absolute atomic E-state index is 0.0968. The molecule has 110 valence electrons. The van der Waals surface area contributed by atoms with Crippen LogP contribution in [0.15, 0.2) is 12.1 Å². The van der Waals surface area contributed by atoms with Crippen molar-refractivity contribution >= 4 is 17.2 Å². The average Bonchev–Trinajstić information content (AvgIpc) is 2.89.